The van der Waals surface area contributed by atoms with E-state index in [0.29, 0.717) is 34.8 Å². The molecule has 0 radical (unpaired) electrons. The first kappa shape index (κ1) is 19.7. The van der Waals surface area contributed by atoms with E-state index in [1.54, 1.807) is 0 Å². The van der Waals surface area contributed by atoms with Crippen molar-refractivity contribution in [3.8, 4) is 11.3 Å². The second-order valence-corrected chi connectivity index (χ2v) is 8.73. The number of fused-ring (bicyclic) bond motifs is 2. The SMILES string of the molecule is Cn1cc(CCNC(=O)c2cc(C3CC3)nc3onc(-c4ccccc4)c23)c2ccccc21. The number of pyridine rings is 1. The molecule has 0 aliphatic heterocycles. The topological polar surface area (TPSA) is 73.0 Å². The van der Waals surface area contributed by atoms with Gasteiger partial charge in [0.25, 0.3) is 11.6 Å². The quantitative estimate of drug-likeness (QED) is 0.396. The van der Waals surface area contributed by atoms with Gasteiger partial charge in [-0.2, -0.15) is 0 Å². The number of nitrogens with zero attached hydrogens (tertiary/aromatic N) is 3. The molecule has 6 nitrogen and oxygen atoms in total. The number of aromatic nitrogens is 3. The number of hydrogen-bond donors (Lipinski definition) is 1. The highest BCUT2D eigenvalue weighted by atomic mass is 16.5. The molecule has 6 rings (SSSR count). The van der Waals surface area contributed by atoms with Gasteiger partial charge in [0.2, 0.25) is 0 Å². The van der Waals surface area contributed by atoms with Gasteiger partial charge in [-0.3, -0.25) is 4.79 Å². The van der Waals surface area contributed by atoms with E-state index in [2.05, 4.69) is 51.5 Å². The van der Waals surface area contributed by atoms with E-state index in [1.807, 2.05) is 42.5 Å². The summed E-state index contributed by atoms with van der Waals surface area (Å²) < 4.78 is 7.72. The van der Waals surface area contributed by atoms with E-state index in [0.717, 1.165) is 30.5 Å². The lowest BCUT2D eigenvalue weighted by Crippen LogP contribution is -2.26. The standard InChI is InChI=1S/C27H24N4O2/c1-31-16-19(20-9-5-6-10-23(20)31)13-14-28-26(32)21-15-22(17-11-12-17)29-27-24(21)25(30-33-27)18-7-3-2-4-8-18/h2-10,15-17H,11-14H2,1H3,(H,28,32). The normalized spacial score (nSPS) is 13.6. The van der Waals surface area contributed by atoms with E-state index in [-0.39, 0.29) is 5.91 Å². The van der Waals surface area contributed by atoms with Crippen LogP contribution >= 0.6 is 0 Å². The maximum absolute atomic E-state index is 13.4. The lowest BCUT2D eigenvalue weighted by molar-refractivity contribution is 0.0955. The largest absolute Gasteiger partial charge is 0.352 e. The zero-order valence-electron chi connectivity index (χ0n) is 18.4. The van der Waals surface area contributed by atoms with E-state index in [9.17, 15) is 4.79 Å². The number of nitrogens with one attached hydrogen (secondary N) is 1. The van der Waals surface area contributed by atoms with Crippen LogP contribution in [0.5, 0.6) is 0 Å². The summed E-state index contributed by atoms with van der Waals surface area (Å²) in [5, 5.41) is 9.30. The molecule has 5 aromatic rings. The van der Waals surface area contributed by atoms with E-state index < -0.39 is 0 Å². The summed E-state index contributed by atoms with van der Waals surface area (Å²) >= 11 is 0. The van der Waals surface area contributed by atoms with Crippen molar-refractivity contribution in [1.82, 2.24) is 20.0 Å². The molecule has 1 fully saturated rings. The van der Waals surface area contributed by atoms with E-state index in [1.165, 1.54) is 16.5 Å². The molecule has 2 aromatic carbocycles. The van der Waals surface area contributed by atoms with Crippen molar-refractivity contribution >= 4 is 27.9 Å². The first-order valence-electron chi connectivity index (χ1n) is 11.4. The fraction of sp³-hybridized carbons (Fsp3) is 0.222. The van der Waals surface area contributed by atoms with E-state index >= 15 is 0 Å². The van der Waals surface area contributed by atoms with Gasteiger partial charge in [-0.15, -0.1) is 0 Å². The average Bonchev–Trinajstić information content (AvgIpc) is 3.54. The predicted octanol–water partition coefficient (Wildman–Crippen LogP) is 5.23. The van der Waals surface area contributed by atoms with Crippen LogP contribution in [0.3, 0.4) is 0 Å². The number of hydrogen-bond acceptors (Lipinski definition) is 4. The average molecular weight is 437 g/mol. The third-order valence-corrected chi connectivity index (χ3v) is 6.41. The fourth-order valence-electron chi connectivity index (χ4n) is 4.56. The molecule has 0 unspecified atom stereocenters. The van der Waals surface area contributed by atoms with E-state index in [4.69, 9.17) is 4.52 Å². The Morgan fingerprint density at radius 2 is 1.91 bits per heavy atom. The van der Waals surface area contributed by atoms with Gasteiger partial charge in [-0.1, -0.05) is 53.7 Å². The predicted molar refractivity (Wildman–Crippen MR) is 128 cm³/mol. The number of carbonyl (C=O) groups is 1. The lowest BCUT2D eigenvalue weighted by atomic mass is 10.0. The minimum atomic E-state index is -0.120. The summed E-state index contributed by atoms with van der Waals surface area (Å²) in [5.74, 6) is 0.284. The summed E-state index contributed by atoms with van der Waals surface area (Å²) in [6.07, 6.45) is 5.09. The Balaban J connectivity index is 1.31. The molecule has 1 amide bonds. The molecule has 1 saturated carbocycles. The van der Waals surface area contributed by atoms with Crippen LogP contribution in [0.1, 0.15) is 40.4 Å². The molecule has 6 heteroatoms. The number of rotatable bonds is 6. The second-order valence-electron chi connectivity index (χ2n) is 8.73. The molecule has 1 N–H and O–H groups in total. The highest BCUT2D eigenvalue weighted by Crippen LogP contribution is 2.41. The van der Waals surface area contributed by atoms with Crippen molar-refractivity contribution in [2.24, 2.45) is 7.05 Å². The molecule has 1 aliphatic carbocycles. The van der Waals surface area contributed by atoms with Crippen molar-refractivity contribution < 1.29 is 9.32 Å². The summed E-state index contributed by atoms with van der Waals surface area (Å²) in [5.41, 5.74) is 5.90. The zero-order valence-corrected chi connectivity index (χ0v) is 18.4. The number of para-hydroxylation sites is 1. The van der Waals surface area contributed by atoms with Gasteiger partial charge < -0.3 is 14.4 Å². The van der Waals surface area contributed by atoms with Crippen LogP contribution < -0.4 is 5.32 Å². The van der Waals surface area contributed by atoms with Gasteiger partial charge >= 0.3 is 0 Å². The highest BCUT2D eigenvalue weighted by Gasteiger charge is 2.29. The molecule has 1 aliphatic rings. The van der Waals surface area contributed by atoms with Gasteiger partial charge in [0.05, 0.1) is 10.9 Å². The second kappa shape index (κ2) is 7.89. The maximum atomic E-state index is 13.4. The molecular weight excluding hydrogens is 412 g/mol. The summed E-state index contributed by atoms with van der Waals surface area (Å²) in [6, 6.07) is 20.1. The molecule has 0 bridgehead atoms. The first-order chi connectivity index (χ1) is 16.2. The third-order valence-electron chi connectivity index (χ3n) is 6.41. The number of benzene rings is 2. The number of aryl methyl sites for hydroxylation is 1. The van der Waals surface area contributed by atoms with Crippen LogP contribution in [0.2, 0.25) is 0 Å². The van der Waals surface area contributed by atoms with Gasteiger partial charge in [0.1, 0.15) is 5.69 Å². The lowest BCUT2D eigenvalue weighted by Gasteiger charge is -2.08. The zero-order chi connectivity index (χ0) is 22.4. The molecular formula is C27H24N4O2. The number of carbonyl (C=O) groups excluding carboxylic acids is 1. The van der Waals surface area contributed by atoms with Crippen LogP contribution in [0, 0.1) is 0 Å². The molecule has 164 valence electrons. The first-order valence-corrected chi connectivity index (χ1v) is 11.4. The molecule has 0 saturated heterocycles. The molecule has 33 heavy (non-hydrogen) atoms. The molecule has 3 aromatic heterocycles. The minimum Gasteiger partial charge on any atom is -0.352 e. The van der Waals surface area contributed by atoms with Gasteiger partial charge in [-0.05, 0) is 37.0 Å². The fourth-order valence-corrected chi connectivity index (χ4v) is 4.56. The summed E-state index contributed by atoms with van der Waals surface area (Å²) in [4.78, 5) is 18.1. The summed E-state index contributed by atoms with van der Waals surface area (Å²) in [6.45, 7) is 0.543. The van der Waals surface area contributed by atoms with Gasteiger partial charge in [-0.25, -0.2) is 4.98 Å². The Bertz CT molecular complexity index is 1480. The molecule has 0 spiro atoms. The minimum absolute atomic E-state index is 0.120. The van der Waals surface area contributed by atoms with Crippen molar-refractivity contribution in [3.05, 3.63) is 83.7 Å². The van der Waals surface area contributed by atoms with Crippen molar-refractivity contribution in [2.75, 3.05) is 6.54 Å². The third kappa shape index (κ3) is 3.57. The maximum Gasteiger partial charge on any atom is 0.259 e. The molecule has 0 atom stereocenters. The van der Waals surface area contributed by atoms with Crippen LogP contribution in [-0.4, -0.2) is 27.2 Å². The van der Waals surface area contributed by atoms with Crippen molar-refractivity contribution in [1.29, 1.82) is 0 Å². The Kier molecular flexibility index (Phi) is 4.72. The Hall–Kier alpha value is -3.93. The smallest absolute Gasteiger partial charge is 0.259 e. The van der Waals surface area contributed by atoms with Gasteiger partial charge in [0.15, 0.2) is 0 Å². The van der Waals surface area contributed by atoms with Crippen LogP contribution in [0.25, 0.3) is 33.3 Å². The summed E-state index contributed by atoms with van der Waals surface area (Å²) in [7, 11) is 2.05. The Morgan fingerprint density at radius 3 is 2.73 bits per heavy atom. The van der Waals surface area contributed by atoms with Gasteiger partial charge in [0, 0.05) is 47.9 Å². The highest BCUT2D eigenvalue weighted by molar-refractivity contribution is 6.09. The Morgan fingerprint density at radius 1 is 1.12 bits per heavy atom. The van der Waals surface area contributed by atoms with Crippen molar-refractivity contribution in [3.63, 3.8) is 0 Å². The monoisotopic (exact) mass is 436 g/mol. The van der Waals surface area contributed by atoms with Crippen LogP contribution in [-0.2, 0) is 13.5 Å². The van der Waals surface area contributed by atoms with Crippen molar-refractivity contribution in [2.45, 2.75) is 25.2 Å². The number of amides is 1. The van der Waals surface area contributed by atoms with Crippen LogP contribution in [0.4, 0.5) is 0 Å². The van der Waals surface area contributed by atoms with Crippen LogP contribution in [0.15, 0.2) is 71.4 Å². The Labute approximate surface area is 191 Å². The molecule has 3 heterocycles.